The molecule has 6 heteroatoms. The lowest BCUT2D eigenvalue weighted by molar-refractivity contribution is 0.221. The maximum absolute atomic E-state index is 12.0. The van der Waals surface area contributed by atoms with Crippen molar-refractivity contribution in [3.8, 4) is 17.3 Å². The zero-order valence-electron chi connectivity index (χ0n) is 13.7. The molecule has 0 bridgehead atoms. The van der Waals surface area contributed by atoms with Gasteiger partial charge in [0.2, 0.25) is 0 Å². The van der Waals surface area contributed by atoms with Crippen molar-refractivity contribution in [2.75, 3.05) is 19.3 Å². The SMILES string of the molecule is CSc1nc(-c2ccc(CN3CCCCC3)cc2)c(C#N)c(=O)[nH]1. The number of H-pyrrole nitrogens is 1. The first kappa shape index (κ1) is 16.7. The molecule has 0 atom stereocenters. The summed E-state index contributed by atoms with van der Waals surface area (Å²) in [7, 11) is 0. The van der Waals surface area contributed by atoms with Gasteiger partial charge in [-0.3, -0.25) is 9.69 Å². The highest BCUT2D eigenvalue weighted by Crippen LogP contribution is 2.22. The molecule has 1 aromatic heterocycles. The number of nitrogens with one attached hydrogen (secondary N) is 1. The molecule has 1 fully saturated rings. The number of thioether (sulfide) groups is 1. The monoisotopic (exact) mass is 340 g/mol. The molecule has 0 unspecified atom stereocenters. The summed E-state index contributed by atoms with van der Waals surface area (Å²) >= 11 is 1.35. The van der Waals surface area contributed by atoms with Crippen LogP contribution in [-0.2, 0) is 6.54 Å². The maximum Gasteiger partial charge on any atom is 0.270 e. The fourth-order valence-corrected chi connectivity index (χ4v) is 3.38. The van der Waals surface area contributed by atoms with Crippen molar-refractivity contribution in [1.29, 1.82) is 5.26 Å². The molecule has 2 heterocycles. The molecule has 0 amide bonds. The Bertz CT molecular complexity index is 801. The molecule has 24 heavy (non-hydrogen) atoms. The third-order valence-electron chi connectivity index (χ3n) is 4.29. The lowest BCUT2D eigenvalue weighted by Crippen LogP contribution is -2.29. The molecule has 1 aliphatic heterocycles. The summed E-state index contributed by atoms with van der Waals surface area (Å²) in [5, 5.41) is 9.79. The highest BCUT2D eigenvalue weighted by Gasteiger charge is 2.14. The van der Waals surface area contributed by atoms with E-state index in [4.69, 9.17) is 0 Å². The summed E-state index contributed by atoms with van der Waals surface area (Å²) in [6.45, 7) is 3.27. The first-order chi connectivity index (χ1) is 11.7. The van der Waals surface area contributed by atoms with Gasteiger partial charge < -0.3 is 4.98 Å². The second-order valence-corrected chi connectivity index (χ2v) is 6.74. The zero-order chi connectivity index (χ0) is 16.9. The number of aromatic amines is 1. The minimum atomic E-state index is -0.385. The number of likely N-dealkylation sites (tertiary alicyclic amines) is 1. The van der Waals surface area contributed by atoms with Crippen LogP contribution in [0.4, 0.5) is 0 Å². The lowest BCUT2D eigenvalue weighted by Gasteiger charge is -2.26. The highest BCUT2D eigenvalue weighted by molar-refractivity contribution is 7.98. The van der Waals surface area contributed by atoms with E-state index in [1.807, 2.05) is 24.5 Å². The van der Waals surface area contributed by atoms with E-state index >= 15 is 0 Å². The van der Waals surface area contributed by atoms with Crippen LogP contribution in [-0.4, -0.2) is 34.2 Å². The fraction of sp³-hybridized carbons (Fsp3) is 0.389. The van der Waals surface area contributed by atoms with Crippen molar-refractivity contribution >= 4 is 11.8 Å². The number of hydrogen-bond donors (Lipinski definition) is 1. The van der Waals surface area contributed by atoms with Crippen molar-refractivity contribution in [3.63, 3.8) is 0 Å². The van der Waals surface area contributed by atoms with Crippen LogP contribution < -0.4 is 5.56 Å². The van der Waals surface area contributed by atoms with E-state index < -0.39 is 0 Å². The number of nitrogens with zero attached hydrogens (tertiary/aromatic N) is 3. The molecule has 3 rings (SSSR count). The topological polar surface area (TPSA) is 72.8 Å². The van der Waals surface area contributed by atoms with E-state index in [2.05, 4.69) is 27.0 Å². The van der Waals surface area contributed by atoms with E-state index in [1.165, 1.54) is 36.6 Å². The third kappa shape index (κ3) is 3.69. The normalized spacial score (nSPS) is 15.2. The van der Waals surface area contributed by atoms with E-state index in [9.17, 15) is 10.1 Å². The zero-order valence-corrected chi connectivity index (χ0v) is 14.5. The molecule has 0 spiro atoms. The summed E-state index contributed by atoms with van der Waals surface area (Å²) in [6, 6.07) is 10.00. The van der Waals surface area contributed by atoms with Gasteiger partial charge in [0, 0.05) is 12.1 Å². The van der Waals surface area contributed by atoms with Gasteiger partial charge in [0.05, 0.1) is 5.69 Å². The Morgan fingerprint density at radius 3 is 2.58 bits per heavy atom. The summed E-state index contributed by atoms with van der Waals surface area (Å²) in [5.74, 6) is 0. The van der Waals surface area contributed by atoms with E-state index in [1.54, 1.807) is 0 Å². The molecule has 5 nitrogen and oxygen atoms in total. The van der Waals surface area contributed by atoms with E-state index in [0.29, 0.717) is 10.9 Å². The van der Waals surface area contributed by atoms with Crippen molar-refractivity contribution < 1.29 is 0 Å². The van der Waals surface area contributed by atoms with Crippen molar-refractivity contribution in [3.05, 3.63) is 45.7 Å². The van der Waals surface area contributed by atoms with Crippen LogP contribution >= 0.6 is 11.8 Å². The standard InChI is InChI=1S/C18H20N4OS/c1-24-18-20-16(15(11-19)17(23)21-18)14-7-5-13(6-8-14)12-22-9-3-2-4-10-22/h5-8H,2-4,9-10,12H2,1H3,(H,20,21,23). The molecule has 2 aromatic rings. The summed E-state index contributed by atoms with van der Waals surface area (Å²) in [4.78, 5) is 21.5. The molecule has 0 radical (unpaired) electrons. The van der Waals surface area contributed by atoms with E-state index in [0.717, 1.165) is 25.2 Å². The average molecular weight is 340 g/mol. The number of hydrogen-bond acceptors (Lipinski definition) is 5. The Morgan fingerprint density at radius 2 is 1.96 bits per heavy atom. The molecule has 0 saturated carbocycles. The number of rotatable bonds is 4. The molecule has 1 aliphatic rings. The van der Waals surface area contributed by atoms with Crippen molar-refractivity contribution in [2.45, 2.75) is 31.0 Å². The number of nitriles is 1. The number of benzene rings is 1. The van der Waals surface area contributed by atoms with Crippen LogP contribution in [0.2, 0.25) is 0 Å². The van der Waals surface area contributed by atoms with Gasteiger partial charge in [-0.25, -0.2) is 4.98 Å². The minimum Gasteiger partial charge on any atom is -0.300 e. The van der Waals surface area contributed by atoms with Crippen LogP contribution in [0.3, 0.4) is 0 Å². The largest absolute Gasteiger partial charge is 0.300 e. The molecule has 1 saturated heterocycles. The summed E-state index contributed by atoms with van der Waals surface area (Å²) < 4.78 is 0. The summed E-state index contributed by atoms with van der Waals surface area (Å²) in [5.41, 5.74) is 2.18. The fourth-order valence-electron chi connectivity index (χ4n) is 3.01. The molecule has 1 N–H and O–H groups in total. The van der Waals surface area contributed by atoms with Crippen LogP contribution in [0.25, 0.3) is 11.3 Å². The summed E-state index contributed by atoms with van der Waals surface area (Å²) in [6.07, 6.45) is 5.73. The van der Waals surface area contributed by atoms with Crippen LogP contribution in [0.5, 0.6) is 0 Å². The highest BCUT2D eigenvalue weighted by atomic mass is 32.2. The van der Waals surface area contributed by atoms with Crippen LogP contribution in [0.15, 0.2) is 34.2 Å². The van der Waals surface area contributed by atoms with Crippen LogP contribution in [0, 0.1) is 11.3 Å². The van der Waals surface area contributed by atoms with Gasteiger partial charge in [-0.15, -0.1) is 0 Å². The predicted molar refractivity (Wildman–Crippen MR) is 95.9 cm³/mol. The predicted octanol–water partition coefficient (Wildman–Crippen LogP) is 3.02. The number of aromatic nitrogens is 2. The Balaban J connectivity index is 1.86. The van der Waals surface area contributed by atoms with Gasteiger partial charge in [-0.2, -0.15) is 5.26 Å². The number of piperidine rings is 1. The van der Waals surface area contributed by atoms with Gasteiger partial charge in [-0.05, 0) is 37.8 Å². The Morgan fingerprint density at radius 1 is 1.25 bits per heavy atom. The van der Waals surface area contributed by atoms with Crippen LogP contribution in [0.1, 0.15) is 30.4 Å². The maximum atomic E-state index is 12.0. The van der Waals surface area contributed by atoms with Gasteiger partial charge >= 0.3 is 0 Å². The van der Waals surface area contributed by atoms with Gasteiger partial charge in [0.1, 0.15) is 11.6 Å². The lowest BCUT2D eigenvalue weighted by atomic mass is 10.0. The first-order valence-corrected chi connectivity index (χ1v) is 9.34. The van der Waals surface area contributed by atoms with Gasteiger partial charge in [0.25, 0.3) is 5.56 Å². The quantitative estimate of drug-likeness (QED) is 0.684. The molecule has 0 aliphatic carbocycles. The molecule has 1 aromatic carbocycles. The average Bonchev–Trinajstić information content (AvgIpc) is 2.62. The molecule has 124 valence electrons. The Kier molecular flexibility index (Phi) is 5.34. The third-order valence-corrected chi connectivity index (χ3v) is 4.87. The Labute approximate surface area is 145 Å². The second kappa shape index (κ2) is 7.65. The van der Waals surface area contributed by atoms with Crippen molar-refractivity contribution in [1.82, 2.24) is 14.9 Å². The van der Waals surface area contributed by atoms with Crippen molar-refractivity contribution in [2.24, 2.45) is 0 Å². The van der Waals surface area contributed by atoms with E-state index in [-0.39, 0.29) is 11.1 Å². The van der Waals surface area contributed by atoms with Gasteiger partial charge in [0.15, 0.2) is 5.16 Å². The first-order valence-electron chi connectivity index (χ1n) is 8.11. The molecular weight excluding hydrogens is 320 g/mol. The Hall–Kier alpha value is -2.10. The smallest absolute Gasteiger partial charge is 0.270 e. The van der Waals surface area contributed by atoms with Gasteiger partial charge in [-0.1, -0.05) is 42.4 Å². The minimum absolute atomic E-state index is 0.0663. The second-order valence-electron chi connectivity index (χ2n) is 5.94. The molecular formula is C18H20N4OS.